The molecule has 0 unspecified atom stereocenters. The van der Waals surface area contributed by atoms with Gasteiger partial charge in [0.2, 0.25) is 0 Å². The number of thiazole rings is 1. The van der Waals surface area contributed by atoms with Crippen LogP contribution in [-0.2, 0) is 6.54 Å². The van der Waals surface area contributed by atoms with Gasteiger partial charge in [0, 0.05) is 16.8 Å². The van der Waals surface area contributed by atoms with E-state index in [1.807, 2.05) is 0 Å². The lowest BCUT2D eigenvalue weighted by Gasteiger charge is -2.10. The number of benzene rings is 1. The van der Waals surface area contributed by atoms with Crippen molar-refractivity contribution in [3.05, 3.63) is 38.8 Å². The highest BCUT2D eigenvalue weighted by Gasteiger charge is 2.07. The van der Waals surface area contributed by atoms with Crippen molar-refractivity contribution in [3.63, 3.8) is 0 Å². The molecular weight excluding hydrogens is 265 g/mol. The molecule has 2 aromatic rings. The number of rotatable bonds is 3. The van der Waals surface area contributed by atoms with E-state index < -0.39 is 0 Å². The zero-order valence-electron chi connectivity index (χ0n) is 8.21. The highest BCUT2D eigenvalue weighted by molar-refractivity contribution is 7.09. The lowest BCUT2D eigenvalue weighted by molar-refractivity contribution is 1.17. The summed E-state index contributed by atoms with van der Waals surface area (Å²) in [5.74, 6) is 0. The number of nitrogens with two attached hydrogens (primary N) is 1. The number of halogens is 2. The lowest BCUT2D eigenvalue weighted by atomic mass is 10.3. The summed E-state index contributed by atoms with van der Waals surface area (Å²) in [7, 11) is 0. The van der Waals surface area contributed by atoms with Crippen molar-refractivity contribution in [1.82, 2.24) is 4.98 Å². The number of nitrogens with zero attached hydrogens (tertiary/aromatic N) is 1. The SMILES string of the molecule is Nc1cc(Cl)c(NCc2cncs2)c(Cl)c1. The van der Waals surface area contributed by atoms with Crippen molar-refractivity contribution in [2.45, 2.75) is 6.54 Å². The number of nitrogens with one attached hydrogen (secondary N) is 1. The van der Waals surface area contributed by atoms with E-state index in [-0.39, 0.29) is 0 Å². The van der Waals surface area contributed by atoms with Crippen molar-refractivity contribution in [1.29, 1.82) is 0 Å². The number of hydrogen-bond donors (Lipinski definition) is 2. The second kappa shape index (κ2) is 4.91. The molecule has 0 aliphatic rings. The molecule has 3 nitrogen and oxygen atoms in total. The van der Waals surface area contributed by atoms with Crippen molar-refractivity contribution < 1.29 is 0 Å². The lowest BCUT2D eigenvalue weighted by Crippen LogP contribution is -1.99. The summed E-state index contributed by atoms with van der Waals surface area (Å²) < 4.78 is 0. The van der Waals surface area contributed by atoms with Crippen LogP contribution in [-0.4, -0.2) is 4.98 Å². The van der Waals surface area contributed by atoms with E-state index in [1.165, 1.54) is 0 Å². The van der Waals surface area contributed by atoms with Crippen LogP contribution in [0.4, 0.5) is 11.4 Å². The minimum atomic E-state index is 0.523. The predicted molar refractivity (Wildman–Crippen MR) is 70.3 cm³/mol. The third-order valence-corrected chi connectivity index (χ3v) is 3.36. The van der Waals surface area contributed by atoms with Gasteiger partial charge in [-0.3, -0.25) is 4.98 Å². The van der Waals surface area contributed by atoms with Crippen LogP contribution >= 0.6 is 34.5 Å². The molecule has 1 aromatic heterocycles. The molecule has 0 saturated heterocycles. The van der Waals surface area contributed by atoms with Gasteiger partial charge in [0.15, 0.2) is 0 Å². The highest BCUT2D eigenvalue weighted by Crippen LogP contribution is 2.33. The smallest absolute Gasteiger partial charge is 0.0794 e. The molecule has 16 heavy (non-hydrogen) atoms. The van der Waals surface area contributed by atoms with Gasteiger partial charge in [0.1, 0.15) is 0 Å². The van der Waals surface area contributed by atoms with Gasteiger partial charge in [0.05, 0.1) is 27.8 Å². The third-order valence-electron chi connectivity index (χ3n) is 1.99. The Balaban J connectivity index is 2.15. The second-order valence-electron chi connectivity index (χ2n) is 3.18. The Hall–Kier alpha value is -0.970. The second-order valence-corrected chi connectivity index (χ2v) is 4.97. The third kappa shape index (κ3) is 2.58. The maximum Gasteiger partial charge on any atom is 0.0794 e. The molecule has 0 aliphatic carbocycles. The molecule has 0 spiro atoms. The van der Waals surface area contributed by atoms with Crippen LogP contribution in [0.15, 0.2) is 23.8 Å². The van der Waals surface area contributed by atoms with Gasteiger partial charge in [-0.1, -0.05) is 23.2 Å². The number of aromatic nitrogens is 1. The summed E-state index contributed by atoms with van der Waals surface area (Å²) in [5, 5.41) is 4.21. The van der Waals surface area contributed by atoms with Gasteiger partial charge in [-0.15, -0.1) is 11.3 Å². The predicted octanol–water partition coefficient (Wildman–Crippen LogP) is 3.64. The van der Waals surface area contributed by atoms with Crippen LogP contribution in [0.3, 0.4) is 0 Å². The van der Waals surface area contributed by atoms with E-state index in [1.54, 1.807) is 35.2 Å². The normalized spacial score (nSPS) is 10.4. The maximum atomic E-state index is 6.04. The first-order valence-corrected chi connectivity index (χ1v) is 6.16. The average molecular weight is 274 g/mol. The van der Waals surface area contributed by atoms with E-state index in [9.17, 15) is 0 Å². The van der Waals surface area contributed by atoms with Crippen LogP contribution in [0.1, 0.15) is 4.88 Å². The van der Waals surface area contributed by atoms with E-state index >= 15 is 0 Å². The fourth-order valence-electron chi connectivity index (χ4n) is 1.27. The molecule has 3 N–H and O–H groups in total. The minimum Gasteiger partial charge on any atom is -0.399 e. The summed E-state index contributed by atoms with van der Waals surface area (Å²) in [6.45, 7) is 0.647. The van der Waals surface area contributed by atoms with E-state index in [0.29, 0.717) is 28.0 Å². The van der Waals surface area contributed by atoms with Crippen LogP contribution in [0.5, 0.6) is 0 Å². The number of nitrogen functional groups attached to an aromatic ring is 1. The molecule has 84 valence electrons. The quantitative estimate of drug-likeness (QED) is 0.840. The summed E-state index contributed by atoms with van der Waals surface area (Å²) in [5.41, 5.74) is 8.65. The number of hydrogen-bond acceptors (Lipinski definition) is 4. The van der Waals surface area contributed by atoms with Crippen molar-refractivity contribution in [2.75, 3.05) is 11.1 Å². The van der Waals surface area contributed by atoms with Gasteiger partial charge < -0.3 is 11.1 Å². The fraction of sp³-hybridized carbons (Fsp3) is 0.100. The molecule has 2 rings (SSSR count). The molecule has 0 aliphatic heterocycles. The van der Waals surface area contributed by atoms with Crippen molar-refractivity contribution >= 4 is 45.9 Å². The monoisotopic (exact) mass is 273 g/mol. The highest BCUT2D eigenvalue weighted by atomic mass is 35.5. The van der Waals surface area contributed by atoms with Crippen molar-refractivity contribution in [2.24, 2.45) is 0 Å². The zero-order valence-corrected chi connectivity index (χ0v) is 10.5. The molecule has 0 bridgehead atoms. The molecule has 0 radical (unpaired) electrons. The fourth-order valence-corrected chi connectivity index (χ4v) is 2.44. The summed E-state index contributed by atoms with van der Waals surface area (Å²) in [6.07, 6.45) is 1.80. The van der Waals surface area contributed by atoms with Crippen LogP contribution < -0.4 is 11.1 Å². The van der Waals surface area contributed by atoms with Crippen LogP contribution in [0.2, 0.25) is 10.0 Å². The van der Waals surface area contributed by atoms with Crippen molar-refractivity contribution in [3.8, 4) is 0 Å². The topological polar surface area (TPSA) is 50.9 Å². The minimum absolute atomic E-state index is 0.523. The van der Waals surface area contributed by atoms with Gasteiger partial charge in [-0.2, -0.15) is 0 Å². The molecule has 0 atom stereocenters. The Morgan fingerprint density at radius 2 is 2.00 bits per heavy atom. The summed E-state index contributed by atoms with van der Waals surface area (Å²) in [6, 6.07) is 3.34. The molecule has 1 heterocycles. The molecule has 0 saturated carbocycles. The van der Waals surface area contributed by atoms with Crippen LogP contribution in [0, 0.1) is 0 Å². The maximum absolute atomic E-state index is 6.04. The molecule has 1 aromatic carbocycles. The molecule has 0 amide bonds. The Labute approximate surface area is 107 Å². The largest absolute Gasteiger partial charge is 0.399 e. The molecule has 0 fully saturated rings. The van der Waals surface area contributed by atoms with Gasteiger partial charge >= 0.3 is 0 Å². The summed E-state index contributed by atoms with van der Waals surface area (Å²) in [4.78, 5) is 5.10. The van der Waals surface area contributed by atoms with E-state index in [2.05, 4.69) is 10.3 Å². The van der Waals surface area contributed by atoms with Gasteiger partial charge in [-0.05, 0) is 12.1 Å². The average Bonchev–Trinajstić information content (AvgIpc) is 2.68. The standard InChI is InChI=1S/C10H9Cl2N3S/c11-8-1-6(13)2-9(12)10(8)15-4-7-3-14-5-16-7/h1-3,5,15H,4,13H2. The van der Waals surface area contributed by atoms with Gasteiger partial charge in [-0.25, -0.2) is 0 Å². The molecule has 6 heteroatoms. The Morgan fingerprint density at radius 3 is 2.56 bits per heavy atom. The molecular formula is C10H9Cl2N3S. The Bertz CT molecular complexity index is 462. The first-order chi connectivity index (χ1) is 7.66. The Morgan fingerprint density at radius 1 is 1.31 bits per heavy atom. The summed E-state index contributed by atoms with van der Waals surface area (Å²) >= 11 is 13.6. The number of anilines is 2. The van der Waals surface area contributed by atoms with Gasteiger partial charge in [0.25, 0.3) is 0 Å². The van der Waals surface area contributed by atoms with E-state index in [0.717, 1.165) is 4.88 Å². The zero-order chi connectivity index (χ0) is 11.5. The van der Waals surface area contributed by atoms with E-state index in [4.69, 9.17) is 28.9 Å². The first kappa shape index (κ1) is 11.5. The first-order valence-electron chi connectivity index (χ1n) is 4.52. The Kier molecular flexibility index (Phi) is 3.53. The van der Waals surface area contributed by atoms with Crippen LogP contribution in [0.25, 0.3) is 0 Å².